The van der Waals surface area contributed by atoms with E-state index in [0.29, 0.717) is 38.9 Å². The molecule has 0 amide bonds. The van der Waals surface area contributed by atoms with Crippen molar-refractivity contribution in [1.29, 1.82) is 0 Å². The van der Waals surface area contributed by atoms with Gasteiger partial charge in [-0.05, 0) is 54.1 Å². The number of carbonyl (C=O) groups is 3. The first-order valence-corrected chi connectivity index (χ1v) is 14.2. The molecular formula is C35H25ClFNO5. The van der Waals surface area contributed by atoms with Crippen LogP contribution in [0.15, 0.2) is 91.0 Å². The Balaban J connectivity index is 1.57. The Morgan fingerprint density at radius 2 is 1.58 bits per heavy atom. The van der Waals surface area contributed by atoms with Crippen LogP contribution in [0.4, 0.5) is 10.1 Å². The quantitative estimate of drug-likeness (QED) is 0.187. The number of rotatable bonds is 5. The molecule has 0 aromatic heterocycles. The third-order valence-corrected chi connectivity index (χ3v) is 9.17. The number of ketones is 3. The summed E-state index contributed by atoms with van der Waals surface area (Å²) in [4.78, 5) is 46.1. The minimum atomic E-state index is -1.71. The number of benzene rings is 4. The number of nitrogens with zero attached hydrogens (tertiary/aromatic N) is 1. The third-order valence-electron chi connectivity index (χ3n) is 8.94. The zero-order chi connectivity index (χ0) is 30.0. The molecule has 43 heavy (non-hydrogen) atoms. The number of fused-ring (bicyclic) bond motifs is 5. The molecule has 1 spiro atoms. The van der Waals surface area contributed by atoms with E-state index in [0.717, 1.165) is 5.56 Å². The maximum Gasteiger partial charge on any atom is 0.185 e. The van der Waals surface area contributed by atoms with Crippen molar-refractivity contribution < 1.29 is 28.2 Å². The van der Waals surface area contributed by atoms with Crippen LogP contribution in [0.1, 0.15) is 48.1 Å². The van der Waals surface area contributed by atoms with Crippen LogP contribution >= 0.6 is 11.6 Å². The predicted octanol–water partition coefficient (Wildman–Crippen LogP) is 6.81. The van der Waals surface area contributed by atoms with E-state index in [9.17, 15) is 18.8 Å². The molecule has 214 valence electrons. The Hall–Kier alpha value is -4.75. The smallest absolute Gasteiger partial charge is 0.185 e. The van der Waals surface area contributed by atoms with E-state index in [1.54, 1.807) is 60.7 Å². The average molecular weight is 594 g/mol. The fourth-order valence-electron chi connectivity index (χ4n) is 7.15. The molecule has 0 bridgehead atoms. The van der Waals surface area contributed by atoms with Crippen molar-refractivity contribution in [3.8, 4) is 11.5 Å². The highest BCUT2D eigenvalue weighted by molar-refractivity contribution is 6.33. The van der Waals surface area contributed by atoms with E-state index in [-0.39, 0.29) is 22.9 Å². The topological polar surface area (TPSA) is 72.9 Å². The zero-order valence-corrected chi connectivity index (χ0v) is 24.0. The van der Waals surface area contributed by atoms with Crippen LogP contribution in [-0.4, -0.2) is 43.7 Å². The summed E-state index contributed by atoms with van der Waals surface area (Å²) >= 11 is 6.36. The van der Waals surface area contributed by atoms with Gasteiger partial charge >= 0.3 is 0 Å². The highest BCUT2D eigenvalue weighted by Crippen LogP contribution is 2.62. The minimum absolute atomic E-state index is 0.250. The van der Waals surface area contributed by atoms with Crippen LogP contribution in [0, 0.1) is 11.2 Å². The van der Waals surface area contributed by atoms with Crippen molar-refractivity contribution in [1.82, 2.24) is 0 Å². The molecule has 0 unspecified atom stereocenters. The maximum absolute atomic E-state index is 14.8. The summed E-state index contributed by atoms with van der Waals surface area (Å²) in [6, 6.07) is 20.7. The number of ether oxygens (including phenoxy) is 2. The van der Waals surface area contributed by atoms with E-state index in [1.807, 2.05) is 17.1 Å². The summed E-state index contributed by atoms with van der Waals surface area (Å²) in [5, 5.41) is 0.506. The molecule has 1 saturated heterocycles. The summed E-state index contributed by atoms with van der Waals surface area (Å²) < 4.78 is 25.2. The first kappa shape index (κ1) is 27.1. The Kier molecular flexibility index (Phi) is 6.25. The number of halogens is 2. The van der Waals surface area contributed by atoms with E-state index in [1.165, 1.54) is 38.5 Å². The van der Waals surface area contributed by atoms with Crippen LogP contribution in [0.2, 0.25) is 5.02 Å². The molecule has 0 radical (unpaired) electrons. The molecule has 1 fully saturated rings. The van der Waals surface area contributed by atoms with Gasteiger partial charge in [0.25, 0.3) is 0 Å². The molecule has 0 N–H and O–H groups in total. The maximum atomic E-state index is 14.8. The second kappa shape index (κ2) is 9.92. The fourth-order valence-corrected chi connectivity index (χ4v) is 7.33. The summed E-state index contributed by atoms with van der Waals surface area (Å²) in [6.45, 7) is 0. The highest BCUT2D eigenvalue weighted by Gasteiger charge is 2.72. The summed E-state index contributed by atoms with van der Waals surface area (Å²) in [5.41, 5.74) is 1.08. The van der Waals surface area contributed by atoms with Crippen molar-refractivity contribution >= 4 is 40.7 Å². The van der Waals surface area contributed by atoms with E-state index < -0.39 is 29.2 Å². The van der Waals surface area contributed by atoms with Crippen molar-refractivity contribution in [2.45, 2.75) is 18.0 Å². The number of anilines is 1. The Labute approximate surface area is 252 Å². The number of methoxy groups -OCH3 is 2. The van der Waals surface area contributed by atoms with Gasteiger partial charge in [0.15, 0.2) is 17.3 Å². The first-order valence-electron chi connectivity index (χ1n) is 13.8. The van der Waals surface area contributed by atoms with Crippen LogP contribution in [0.25, 0.3) is 6.08 Å². The third kappa shape index (κ3) is 3.74. The second-order valence-electron chi connectivity index (χ2n) is 10.9. The van der Waals surface area contributed by atoms with Crippen LogP contribution in [-0.2, 0) is 0 Å². The minimum Gasteiger partial charge on any atom is -0.497 e. The standard InChI is InChI=1S/C35H25ClFNO5/c1-42-23-13-14-26(28(18-23)43-2)30-31(32(39)19-7-11-22(37)12-8-19)38-27-15-10-21(36)17-20(27)9-16-29(38)35(30)33(40)24-5-3-4-6-25(24)34(35)41/h3-18,29-31H,1-2H3/t29-,30-,31+/m1/s1. The first-order chi connectivity index (χ1) is 20.8. The lowest BCUT2D eigenvalue weighted by Crippen LogP contribution is -2.48. The lowest BCUT2D eigenvalue weighted by atomic mass is 9.64. The lowest BCUT2D eigenvalue weighted by molar-refractivity contribution is 0.0665. The van der Waals surface area contributed by atoms with Crippen LogP contribution in [0.5, 0.6) is 11.5 Å². The average Bonchev–Trinajstić information content (AvgIpc) is 3.46. The van der Waals surface area contributed by atoms with Gasteiger partial charge < -0.3 is 14.4 Å². The van der Waals surface area contributed by atoms with Crippen LogP contribution in [0.3, 0.4) is 0 Å². The molecule has 2 aliphatic heterocycles. The number of hydrogen-bond acceptors (Lipinski definition) is 6. The second-order valence-corrected chi connectivity index (χ2v) is 11.3. The molecule has 7 rings (SSSR count). The van der Waals surface area contributed by atoms with Gasteiger partial charge in [0.2, 0.25) is 0 Å². The van der Waals surface area contributed by atoms with Gasteiger partial charge in [-0.25, -0.2) is 4.39 Å². The Morgan fingerprint density at radius 3 is 2.23 bits per heavy atom. The van der Waals surface area contributed by atoms with Gasteiger partial charge in [0, 0.05) is 44.9 Å². The number of carbonyl (C=O) groups excluding carboxylic acids is 3. The van der Waals surface area contributed by atoms with Crippen molar-refractivity contribution in [2.24, 2.45) is 5.41 Å². The summed E-state index contributed by atoms with van der Waals surface area (Å²) in [6.07, 6.45) is 3.67. The van der Waals surface area contributed by atoms with Gasteiger partial charge in [0.05, 0.1) is 20.3 Å². The fraction of sp³-hybridized carbons (Fsp3) is 0.171. The van der Waals surface area contributed by atoms with Gasteiger partial charge in [0.1, 0.15) is 28.8 Å². The van der Waals surface area contributed by atoms with Crippen molar-refractivity contribution in [3.05, 3.63) is 130 Å². The van der Waals surface area contributed by atoms with E-state index in [2.05, 4.69) is 0 Å². The molecule has 1 aliphatic carbocycles. The van der Waals surface area contributed by atoms with Crippen molar-refractivity contribution in [2.75, 3.05) is 19.1 Å². The highest BCUT2D eigenvalue weighted by atomic mass is 35.5. The largest absolute Gasteiger partial charge is 0.497 e. The van der Waals surface area contributed by atoms with Crippen molar-refractivity contribution in [3.63, 3.8) is 0 Å². The van der Waals surface area contributed by atoms with Crippen LogP contribution < -0.4 is 14.4 Å². The lowest BCUT2D eigenvalue weighted by Gasteiger charge is -2.37. The Morgan fingerprint density at radius 1 is 0.884 bits per heavy atom. The van der Waals surface area contributed by atoms with Gasteiger partial charge in [-0.1, -0.05) is 54.1 Å². The van der Waals surface area contributed by atoms with Gasteiger partial charge in [-0.3, -0.25) is 14.4 Å². The molecule has 4 aromatic rings. The molecule has 3 atom stereocenters. The monoisotopic (exact) mass is 593 g/mol. The number of Topliss-reactive ketones (excluding diaryl/α,β-unsaturated/α-hetero) is 3. The SMILES string of the molecule is COc1ccc([C@@H]2[C@@H](C(=O)c3ccc(F)cc3)N3c4ccc(Cl)cc4C=C[C@@H]3C23C(=O)c2ccccc2C3=O)c(OC)c1. The molecule has 0 saturated carbocycles. The van der Waals surface area contributed by atoms with E-state index in [4.69, 9.17) is 21.1 Å². The molecule has 8 heteroatoms. The molecule has 4 aromatic carbocycles. The predicted molar refractivity (Wildman–Crippen MR) is 161 cm³/mol. The van der Waals surface area contributed by atoms with Gasteiger partial charge in [-0.2, -0.15) is 0 Å². The summed E-state index contributed by atoms with van der Waals surface area (Å²) in [5.74, 6) is -1.67. The molecule has 6 nitrogen and oxygen atoms in total. The number of hydrogen-bond donors (Lipinski definition) is 0. The Bertz CT molecular complexity index is 1830. The zero-order valence-electron chi connectivity index (χ0n) is 23.2. The molecule has 2 heterocycles. The molecular weight excluding hydrogens is 569 g/mol. The normalized spacial score (nSPS) is 21.0. The molecule has 3 aliphatic rings. The summed E-state index contributed by atoms with van der Waals surface area (Å²) in [7, 11) is 3.02. The van der Waals surface area contributed by atoms with Gasteiger partial charge in [-0.15, -0.1) is 0 Å². The van der Waals surface area contributed by atoms with E-state index >= 15 is 0 Å².